The lowest BCUT2D eigenvalue weighted by Crippen LogP contribution is -2.01. The molecule has 0 atom stereocenters. The van der Waals surface area contributed by atoms with Crippen molar-refractivity contribution in [2.75, 3.05) is 12.3 Å². The highest BCUT2D eigenvalue weighted by Gasteiger charge is 2.00. The highest BCUT2D eigenvalue weighted by Crippen LogP contribution is 2.22. The Balaban J connectivity index is 2.56. The van der Waals surface area contributed by atoms with Crippen LogP contribution in [0.25, 0.3) is 0 Å². The van der Waals surface area contributed by atoms with Crippen molar-refractivity contribution >= 4 is 27.7 Å². The summed E-state index contributed by atoms with van der Waals surface area (Å²) in [5, 5.41) is 0. The lowest BCUT2D eigenvalue weighted by Gasteiger charge is -2.03. The van der Waals surface area contributed by atoms with Gasteiger partial charge >= 0.3 is 0 Å². The molecule has 13 heavy (non-hydrogen) atoms. The second kappa shape index (κ2) is 5.62. The molecule has 0 saturated heterocycles. The van der Waals surface area contributed by atoms with Crippen molar-refractivity contribution in [2.45, 2.75) is 5.75 Å². The molecule has 0 unspecified atom stereocenters. The topological polar surface area (TPSA) is 26.0 Å². The van der Waals surface area contributed by atoms with Gasteiger partial charge in [-0.05, 0) is 17.7 Å². The molecule has 0 spiro atoms. The number of rotatable bonds is 4. The maximum absolute atomic E-state index is 12.7. The van der Waals surface area contributed by atoms with E-state index in [9.17, 15) is 4.39 Å². The molecule has 0 aliphatic rings. The largest absolute Gasteiger partial charge is 0.330 e. The van der Waals surface area contributed by atoms with Crippen LogP contribution < -0.4 is 5.73 Å². The molecule has 0 aliphatic carbocycles. The van der Waals surface area contributed by atoms with E-state index in [-0.39, 0.29) is 5.82 Å². The first-order chi connectivity index (χ1) is 6.24. The Hall–Kier alpha value is -0.0600. The van der Waals surface area contributed by atoms with Gasteiger partial charge in [-0.2, -0.15) is 11.8 Å². The van der Waals surface area contributed by atoms with Gasteiger partial charge in [0, 0.05) is 22.5 Å². The molecular weight excluding hydrogens is 253 g/mol. The van der Waals surface area contributed by atoms with Crippen LogP contribution in [0, 0.1) is 5.82 Å². The fraction of sp³-hybridized carbons (Fsp3) is 0.333. The third-order valence-corrected chi connectivity index (χ3v) is 3.31. The van der Waals surface area contributed by atoms with E-state index in [1.807, 2.05) is 0 Å². The molecule has 1 nitrogen and oxygen atoms in total. The van der Waals surface area contributed by atoms with Crippen LogP contribution in [0.1, 0.15) is 5.56 Å². The van der Waals surface area contributed by atoms with E-state index in [2.05, 4.69) is 15.9 Å². The van der Waals surface area contributed by atoms with Crippen LogP contribution >= 0.6 is 27.7 Å². The van der Waals surface area contributed by atoms with Gasteiger partial charge in [0.1, 0.15) is 5.82 Å². The Bertz CT molecular complexity index is 280. The van der Waals surface area contributed by atoms with E-state index in [4.69, 9.17) is 5.73 Å². The van der Waals surface area contributed by atoms with Gasteiger partial charge in [-0.25, -0.2) is 4.39 Å². The number of benzene rings is 1. The Kier molecular flexibility index (Phi) is 4.77. The first-order valence-electron chi connectivity index (χ1n) is 3.96. The third-order valence-electron chi connectivity index (χ3n) is 1.53. The predicted octanol–water partition coefficient (Wildman–Crippen LogP) is 2.78. The molecule has 4 heteroatoms. The monoisotopic (exact) mass is 263 g/mol. The Morgan fingerprint density at radius 3 is 2.85 bits per heavy atom. The molecule has 0 fully saturated rings. The van der Waals surface area contributed by atoms with Crippen molar-refractivity contribution in [3.8, 4) is 0 Å². The number of hydrogen-bond donors (Lipinski definition) is 1. The third kappa shape index (κ3) is 3.67. The Morgan fingerprint density at radius 1 is 1.46 bits per heavy atom. The lowest BCUT2D eigenvalue weighted by molar-refractivity contribution is 0.626. The number of hydrogen-bond acceptors (Lipinski definition) is 2. The molecule has 0 saturated carbocycles. The van der Waals surface area contributed by atoms with Crippen molar-refractivity contribution in [1.82, 2.24) is 0 Å². The fourth-order valence-electron chi connectivity index (χ4n) is 0.904. The zero-order valence-corrected chi connectivity index (χ0v) is 9.50. The zero-order valence-electron chi connectivity index (χ0n) is 7.09. The van der Waals surface area contributed by atoms with Crippen molar-refractivity contribution in [2.24, 2.45) is 5.73 Å². The molecule has 0 amide bonds. The average molecular weight is 264 g/mol. The van der Waals surface area contributed by atoms with Crippen LogP contribution in [-0.2, 0) is 5.75 Å². The van der Waals surface area contributed by atoms with E-state index in [1.54, 1.807) is 17.8 Å². The van der Waals surface area contributed by atoms with Gasteiger partial charge in [-0.3, -0.25) is 0 Å². The van der Waals surface area contributed by atoms with E-state index in [0.717, 1.165) is 21.5 Å². The minimum absolute atomic E-state index is 0.209. The lowest BCUT2D eigenvalue weighted by atomic mass is 10.2. The molecule has 1 aromatic carbocycles. The van der Waals surface area contributed by atoms with Crippen LogP contribution in [0.4, 0.5) is 4.39 Å². The van der Waals surface area contributed by atoms with E-state index < -0.39 is 0 Å². The molecule has 1 aromatic rings. The van der Waals surface area contributed by atoms with Gasteiger partial charge in [0.25, 0.3) is 0 Å². The average Bonchev–Trinajstić information content (AvgIpc) is 2.09. The van der Waals surface area contributed by atoms with Gasteiger partial charge in [0.15, 0.2) is 0 Å². The molecule has 0 bridgehead atoms. The van der Waals surface area contributed by atoms with Gasteiger partial charge in [-0.1, -0.05) is 22.0 Å². The van der Waals surface area contributed by atoms with E-state index >= 15 is 0 Å². The first kappa shape index (κ1) is 11.0. The minimum Gasteiger partial charge on any atom is -0.330 e. The molecule has 1 rings (SSSR count). The number of halogens is 2. The highest BCUT2D eigenvalue weighted by atomic mass is 79.9. The molecule has 0 aromatic heterocycles. The smallest absolute Gasteiger partial charge is 0.124 e. The summed E-state index contributed by atoms with van der Waals surface area (Å²) >= 11 is 5.06. The molecule has 0 heterocycles. The first-order valence-corrected chi connectivity index (χ1v) is 5.90. The number of thioether (sulfide) groups is 1. The van der Waals surface area contributed by atoms with Crippen molar-refractivity contribution in [3.05, 3.63) is 34.1 Å². The summed E-state index contributed by atoms with van der Waals surface area (Å²) in [4.78, 5) is 0. The molecule has 2 N–H and O–H groups in total. The van der Waals surface area contributed by atoms with Crippen LogP contribution in [0.15, 0.2) is 22.7 Å². The summed E-state index contributed by atoms with van der Waals surface area (Å²) in [6.45, 7) is 0.684. The van der Waals surface area contributed by atoms with Crippen molar-refractivity contribution < 1.29 is 4.39 Å². The summed E-state index contributed by atoms with van der Waals surface area (Å²) in [7, 11) is 0. The van der Waals surface area contributed by atoms with Crippen molar-refractivity contribution in [3.63, 3.8) is 0 Å². The Labute approximate surface area is 90.0 Å². The summed E-state index contributed by atoms with van der Waals surface area (Å²) in [6, 6.07) is 4.75. The zero-order chi connectivity index (χ0) is 9.68. The fourth-order valence-corrected chi connectivity index (χ4v) is 2.36. The molecular formula is C9H11BrFNS. The van der Waals surface area contributed by atoms with Crippen LogP contribution in [0.3, 0.4) is 0 Å². The predicted molar refractivity (Wildman–Crippen MR) is 59.3 cm³/mol. The maximum atomic E-state index is 12.7. The van der Waals surface area contributed by atoms with E-state index in [1.165, 1.54) is 12.1 Å². The van der Waals surface area contributed by atoms with Crippen LogP contribution in [0.2, 0.25) is 0 Å². The minimum atomic E-state index is -0.209. The summed E-state index contributed by atoms with van der Waals surface area (Å²) in [5.74, 6) is 1.60. The summed E-state index contributed by atoms with van der Waals surface area (Å²) in [5.41, 5.74) is 6.47. The number of nitrogens with two attached hydrogens (primary N) is 1. The quantitative estimate of drug-likeness (QED) is 0.846. The molecule has 0 radical (unpaired) electrons. The second-order valence-corrected chi connectivity index (χ2v) is 4.54. The SMILES string of the molecule is NCCSCc1ccc(F)cc1Br. The van der Waals surface area contributed by atoms with Gasteiger partial charge in [-0.15, -0.1) is 0 Å². The molecule has 0 aliphatic heterocycles. The van der Waals surface area contributed by atoms with Gasteiger partial charge in [0.2, 0.25) is 0 Å². The Morgan fingerprint density at radius 2 is 2.23 bits per heavy atom. The van der Waals surface area contributed by atoms with Gasteiger partial charge in [0.05, 0.1) is 0 Å². The van der Waals surface area contributed by atoms with Crippen LogP contribution in [0.5, 0.6) is 0 Å². The molecule has 72 valence electrons. The van der Waals surface area contributed by atoms with Crippen LogP contribution in [-0.4, -0.2) is 12.3 Å². The second-order valence-electron chi connectivity index (χ2n) is 2.58. The normalized spacial score (nSPS) is 10.4. The summed E-state index contributed by atoms with van der Waals surface area (Å²) in [6.07, 6.45) is 0. The maximum Gasteiger partial charge on any atom is 0.124 e. The van der Waals surface area contributed by atoms with E-state index in [0.29, 0.717) is 6.54 Å². The standard InChI is InChI=1S/C9H11BrFNS/c10-9-5-8(11)2-1-7(9)6-13-4-3-12/h1-2,5H,3-4,6,12H2. The highest BCUT2D eigenvalue weighted by molar-refractivity contribution is 9.10. The van der Waals surface area contributed by atoms with Crippen molar-refractivity contribution in [1.29, 1.82) is 0 Å². The summed E-state index contributed by atoms with van der Waals surface area (Å²) < 4.78 is 13.5. The van der Waals surface area contributed by atoms with Gasteiger partial charge < -0.3 is 5.73 Å².